The number of nitrogens with zero attached hydrogens (tertiary/aromatic N) is 3. The number of hydrogen-bond acceptors (Lipinski definition) is 7. The van der Waals surface area contributed by atoms with Crippen molar-refractivity contribution in [3.05, 3.63) is 51.8 Å². The molecule has 10 heteroatoms. The number of nitrogens with two attached hydrogens (primary N) is 1. The number of aromatic nitrogens is 2. The third-order valence-electron chi connectivity index (χ3n) is 2.91. The number of benzene rings is 1. The summed E-state index contributed by atoms with van der Waals surface area (Å²) in [6.07, 6.45) is 1.31. The van der Waals surface area contributed by atoms with Gasteiger partial charge in [-0.1, -0.05) is 23.2 Å². The average Bonchev–Trinajstić information content (AvgIpc) is 3.16. The molecule has 0 fully saturated rings. The van der Waals surface area contributed by atoms with Crippen molar-refractivity contribution >= 4 is 41.1 Å². The Morgan fingerprint density at radius 1 is 1.25 bits per heavy atom. The highest BCUT2D eigenvalue weighted by atomic mass is 35.5. The van der Waals surface area contributed by atoms with Crippen LogP contribution < -0.4 is 11.2 Å². The Balaban J connectivity index is 1.70. The summed E-state index contributed by atoms with van der Waals surface area (Å²) in [5, 5.41) is 11.4. The van der Waals surface area contributed by atoms with Gasteiger partial charge in [-0.3, -0.25) is 4.79 Å². The van der Waals surface area contributed by atoms with Crippen molar-refractivity contribution in [1.29, 1.82) is 0 Å². The molecule has 122 valence electrons. The van der Waals surface area contributed by atoms with Crippen LogP contribution in [0.15, 0.2) is 44.5 Å². The molecule has 0 saturated carbocycles. The molecule has 0 bridgehead atoms. The number of nitrogen functional groups attached to an aromatic ring is 1. The van der Waals surface area contributed by atoms with E-state index in [9.17, 15) is 4.79 Å². The van der Waals surface area contributed by atoms with E-state index in [2.05, 4.69) is 25.5 Å². The molecule has 2 heterocycles. The molecule has 0 aliphatic carbocycles. The topological polar surface area (TPSA) is 120 Å². The maximum atomic E-state index is 11.7. The zero-order chi connectivity index (χ0) is 17.1. The lowest BCUT2D eigenvalue weighted by molar-refractivity contribution is 0.0946. The van der Waals surface area contributed by atoms with Gasteiger partial charge in [-0.2, -0.15) is 5.10 Å². The van der Waals surface area contributed by atoms with Crippen LogP contribution in [0, 0.1) is 0 Å². The number of hydrogen-bond donors (Lipinski definition) is 2. The lowest BCUT2D eigenvalue weighted by Crippen LogP contribution is -2.19. The molecule has 0 radical (unpaired) electrons. The van der Waals surface area contributed by atoms with E-state index >= 15 is 0 Å². The molecular weight excluding hydrogens is 357 g/mol. The molecule has 0 spiro atoms. The van der Waals surface area contributed by atoms with Crippen LogP contribution in [0.2, 0.25) is 10.0 Å². The molecule has 2 aromatic heterocycles. The van der Waals surface area contributed by atoms with Gasteiger partial charge in [0.25, 0.3) is 5.91 Å². The fourth-order valence-electron chi connectivity index (χ4n) is 1.82. The van der Waals surface area contributed by atoms with Gasteiger partial charge in [0.15, 0.2) is 0 Å². The summed E-state index contributed by atoms with van der Waals surface area (Å²) in [4.78, 5) is 11.7. The Bertz CT molecular complexity index is 919. The second-order valence-electron chi connectivity index (χ2n) is 4.52. The molecule has 1 aromatic carbocycles. The number of furan rings is 1. The molecule has 3 rings (SSSR count). The van der Waals surface area contributed by atoms with E-state index in [0.717, 1.165) is 0 Å². The minimum absolute atomic E-state index is 0.125. The minimum Gasteiger partial charge on any atom is -0.455 e. The fourth-order valence-corrected chi connectivity index (χ4v) is 2.32. The Morgan fingerprint density at radius 2 is 2.08 bits per heavy atom. The van der Waals surface area contributed by atoms with Gasteiger partial charge in [0.2, 0.25) is 11.5 Å². The van der Waals surface area contributed by atoms with E-state index in [4.69, 9.17) is 33.4 Å². The average molecular weight is 366 g/mol. The first kappa shape index (κ1) is 16.0. The van der Waals surface area contributed by atoms with E-state index in [1.165, 1.54) is 6.21 Å². The fraction of sp³-hybridized carbons (Fsp3) is 0. The highest BCUT2D eigenvalue weighted by Crippen LogP contribution is 2.31. The summed E-state index contributed by atoms with van der Waals surface area (Å²) in [5.74, 6) is 0.162. The van der Waals surface area contributed by atoms with Crippen LogP contribution in [0.5, 0.6) is 0 Å². The summed E-state index contributed by atoms with van der Waals surface area (Å²) in [7, 11) is 0. The highest BCUT2D eigenvalue weighted by molar-refractivity contribution is 6.36. The zero-order valence-corrected chi connectivity index (χ0v) is 13.4. The van der Waals surface area contributed by atoms with Crippen LogP contribution in [0.4, 0.5) is 5.82 Å². The van der Waals surface area contributed by atoms with E-state index in [1.54, 1.807) is 30.3 Å². The van der Waals surface area contributed by atoms with E-state index in [1.807, 2.05) is 0 Å². The number of carbonyl (C=O) groups excluding carboxylic acids is 1. The predicted octanol–water partition coefficient (Wildman–Crippen LogP) is 2.98. The van der Waals surface area contributed by atoms with Crippen LogP contribution in [-0.4, -0.2) is 22.4 Å². The van der Waals surface area contributed by atoms with Gasteiger partial charge in [0, 0.05) is 10.6 Å². The quantitative estimate of drug-likeness (QED) is 0.541. The number of rotatable bonds is 4. The van der Waals surface area contributed by atoms with E-state index in [0.29, 0.717) is 27.1 Å². The minimum atomic E-state index is -0.655. The normalized spacial score (nSPS) is 11.1. The van der Waals surface area contributed by atoms with Crippen LogP contribution in [-0.2, 0) is 0 Å². The number of anilines is 1. The van der Waals surface area contributed by atoms with Gasteiger partial charge < -0.3 is 10.2 Å². The zero-order valence-electron chi connectivity index (χ0n) is 11.9. The third-order valence-corrected chi connectivity index (χ3v) is 3.46. The molecule has 1 amide bonds. The lowest BCUT2D eigenvalue weighted by atomic mass is 10.2. The van der Waals surface area contributed by atoms with Crippen LogP contribution in [0.1, 0.15) is 16.2 Å². The Labute approximate surface area is 145 Å². The van der Waals surface area contributed by atoms with E-state index in [-0.39, 0.29) is 11.5 Å². The van der Waals surface area contributed by atoms with Crippen molar-refractivity contribution in [2.45, 2.75) is 0 Å². The Morgan fingerprint density at radius 3 is 2.79 bits per heavy atom. The summed E-state index contributed by atoms with van der Waals surface area (Å²) < 4.78 is 9.91. The van der Waals surface area contributed by atoms with Crippen LogP contribution in [0.25, 0.3) is 11.3 Å². The largest absolute Gasteiger partial charge is 0.455 e. The summed E-state index contributed by atoms with van der Waals surface area (Å²) in [6.45, 7) is 0. The van der Waals surface area contributed by atoms with E-state index < -0.39 is 5.91 Å². The van der Waals surface area contributed by atoms with Crippen molar-refractivity contribution in [3.8, 4) is 11.3 Å². The first-order valence-electron chi connectivity index (χ1n) is 6.51. The van der Waals surface area contributed by atoms with Gasteiger partial charge in [-0.05, 0) is 40.6 Å². The molecule has 0 saturated heterocycles. The van der Waals surface area contributed by atoms with Crippen molar-refractivity contribution in [2.24, 2.45) is 5.10 Å². The third kappa shape index (κ3) is 3.39. The van der Waals surface area contributed by atoms with Crippen molar-refractivity contribution < 1.29 is 13.8 Å². The first-order valence-corrected chi connectivity index (χ1v) is 7.27. The summed E-state index contributed by atoms with van der Waals surface area (Å²) in [5.41, 5.74) is 8.16. The highest BCUT2D eigenvalue weighted by Gasteiger charge is 2.15. The summed E-state index contributed by atoms with van der Waals surface area (Å²) >= 11 is 12.0. The molecule has 3 aromatic rings. The van der Waals surface area contributed by atoms with Crippen LogP contribution in [0.3, 0.4) is 0 Å². The van der Waals surface area contributed by atoms with Crippen molar-refractivity contribution in [1.82, 2.24) is 15.7 Å². The van der Waals surface area contributed by atoms with Gasteiger partial charge in [0.05, 0.1) is 11.2 Å². The standard InChI is InChI=1S/C14H9Cl2N5O3/c15-7-1-3-9(10(16)5-7)11-4-2-8(23-11)6-18-19-14(22)12-13(17)21-24-20-12/h1-6H,(H2,17,21)(H,19,22)/b18-6-. The number of halogens is 2. The van der Waals surface area contributed by atoms with Gasteiger partial charge in [-0.25, -0.2) is 10.1 Å². The van der Waals surface area contributed by atoms with Crippen LogP contribution >= 0.6 is 23.2 Å². The predicted molar refractivity (Wildman–Crippen MR) is 87.9 cm³/mol. The van der Waals surface area contributed by atoms with Gasteiger partial charge >= 0.3 is 0 Å². The van der Waals surface area contributed by atoms with Gasteiger partial charge in [-0.15, -0.1) is 0 Å². The number of amides is 1. The second kappa shape index (κ2) is 6.73. The molecule has 3 N–H and O–H groups in total. The SMILES string of the molecule is Nc1nonc1C(=O)N/N=C\c1ccc(-c2ccc(Cl)cc2Cl)o1. The first-order chi connectivity index (χ1) is 11.5. The number of nitrogens with one attached hydrogen (secondary N) is 1. The lowest BCUT2D eigenvalue weighted by Gasteiger charge is -2.00. The molecule has 8 nitrogen and oxygen atoms in total. The number of carbonyl (C=O) groups is 1. The van der Waals surface area contributed by atoms with Crippen molar-refractivity contribution in [2.75, 3.05) is 5.73 Å². The molecule has 0 aliphatic heterocycles. The Kier molecular flexibility index (Phi) is 4.50. The molecule has 24 heavy (non-hydrogen) atoms. The maximum absolute atomic E-state index is 11.7. The molecular formula is C14H9Cl2N5O3. The molecule has 0 unspecified atom stereocenters. The van der Waals surface area contributed by atoms with Gasteiger partial charge in [0.1, 0.15) is 11.5 Å². The summed E-state index contributed by atoms with van der Waals surface area (Å²) in [6, 6.07) is 8.45. The molecule has 0 atom stereocenters. The van der Waals surface area contributed by atoms with Crippen molar-refractivity contribution in [3.63, 3.8) is 0 Å². The number of hydrazone groups is 1. The smallest absolute Gasteiger partial charge is 0.297 e. The Hall–Kier alpha value is -2.84. The maximum Gasteiger partial charge on any atom is 0.297 e. The molecule has 0 aliphatic rings. The second-order valence-corrected chi connectivity index (χ2v) is 5.37. The monoisotopic (exact) mass is 365 g/mol.